The highest BCUT2D eigenvalue weighted by atomic mass is 19.4. The highest BCUT2D eigenvalue weighted by molar-refractivity contribution is 5.92. The van der Waals surface area contributed by atoms with Crippen molar-refractivity contribution in [2.45, 2.75) is 37.8 Å². The molecule has 0 radical (unpaired) electrons. The first kappa shape index (κ1) is 26.8. The van der Waals surface area contributed by atoms with Gasteiger partial charge in [-0.25, -0.2) is 8.78 Å². The molecule has 1 fully saturated rings. The molecule has 1 aromatic heterocycles. The Kier molecular flexibility index (Phi) is 8.73. The number of amides is 1. The Hall–Kier alpha value is -3.82. The van der Waals surface area contributed by atoms with E-state index in [0.717, 1.165) is 42.3 Å². The van der Waals surface area contributed by atoms with Gasteiger partial charge in [-0.3, -0.25) is 14.6 Å². The van der Waals surface area contributed by atoms with Gasteiger partial charge >= 0.3 is 6.18 Å². The van der Waals surface area contributed by atoms with Crippen LogP contribution in [0.15, 0.2) is 60.9 Å². The molecule has 1 aliphatic rings. The number of rotatable bonds is 4. The zero-order chi connectivity index (χ0) is 26.3. The zero-order valence-electron chi connectivity index (χ0n) is 18.9. The fourth-order valence-corrected chi connectivity index (χ4v) is 4.28. The van der Waals surface area contributed by atoms with E-state index in [1.54, 1.807) is 6.20 Å². The van der Waals surface area contributed by atoms with Crippen LogP contribution in [0.2, 0.25) is 0 Å². The number of carboxylic acid groups (broad SMARTS) is 1. The van der Waals surface area contributed by atoms with Crippen LogP contribution in [-0.4, -0.2) is 22.5 Å². The molecule has 3 aromatic rings. The van der Waals surface area contributed by atoms with E-state index in [2.05, 4.69) is 10.3 Å². The van der Waals surface area contributed by atoms with E-state index in [4.69, 9.17) is 9.90 Å². The van der Waals surface area contributed by atoms with E-state index >= 15 is 0 Å². The first-order valence-electron chi connectivity index (χ1n) is 11.1. The second kappa shape index (κ2) is 11.7. The molecule has 2 N–H and O–H groups in total. The van der Waals surface area contributed by atoms with Crippen LogP contribution in [0.3, 0.4) is 0 Å². The maximum Gasteiger partial charge on any atom is 0.416 e. The minimum atomic E-state index is -4.65. The number of pyridine rings is 1. The predicted octanol–water partition coefficient (Wildman–Crippen LogP) is 6.66. The average Bonchev–Trinajstić information content (AvgIpc) is 2.85. The van der Waals surface area contributed by atoms with Gasteiger partial charge in [0.15, 0.2) is 0 Å². The first-order chi connectivity index (χ1) is 17.1. The molecule has 0 bridgehead atoms. The summed E-state index contributed by atoms with van der Waals surface area (Å²) >= 11 is 0. The number of benzene rings is 2. The fourth-order valence-electron chi connectivity index (χ4n) is 4.28. The summed E-state index contributed by atoms with van der Waals surface area (Å²) < 4.78 is 65.7. The SMILES string of the molecule is O=C(Nc1ccc(C(F)(F)F)cc1F)C1CCCC(c2ccc(-c3cncc(F)c3)cc2)C1.O=CO. The smallest absolute Gasteiger partial charge is 0.416 e. The van der Waals surface area contributed by atoms with Crippen LogP contribution in [0.4, 0.5) is 27.6 Å². The van der Waals surface area contributed by atoms with Crippen molar-refractivity contribution in [2.24, 2.45) is 5.92 Å². The normalized spacial score (nSPS) is 17.5. The number of halogens is 5. The van der Waals surface area contributed by atoms with Crippen LogP contribution in [0.1, 0.15) is 42.7 Å². The Labute approximate surface area is 204 Å². The minimum Gasteiger partial charge on any atom is -0.483 e. The van der Waals surface area contributed by atoms with Gasteiger partial charge in [-0.2, -0.15) is 13.2 Å². The van der Waals surface area contributed by atoms with Crippen molar-refractivity contribution in [1.29, 1.82) is 0 Å². The fraction of sp³-hybridized carbons (Fsp3) is 0.269. The molecule has 0 aliphatic heterocycles. The number of carbonyl (C=O) groups is 2. The van der Waals surface area contributed by atoms with Crippen molar-refractivity contribution >= 4 is 18.1 Å². The van der Waals surface area contributed by atoms with Crippen LogP contribution in [0.5, 0.6) is 0 Å². The molecule has 2 atom stereocenters. The molecular weight excluding hydrogens is 483 g/mol. The molecule has 1 heterocycles. The molecule has 1 saturated carbocycles. The third-order valence-electron chi connectivity index (χ3n) is 6.02. The summed E-state index contributed by atoms with van der Waals surface area (Å²) in [5, 5.41) is 9.33. The number of nitrogens with zero attached hydrogens (tertiary/aromatic N) is 1. The predicted molar refractivity (Wildman–Crippen MR) is 123 cm³/mol. The lowest BCUT2D eigenvalue weighted by molar-refractivity contribution is -0.137. The number of anilines is 1. The van der Waals surface area contributed by atoms with Gasteiger partial charge in [-0.15, -0.1) is 0 Å². The molecule has 1 aliphatic carbocycles. The van der Waals surface area contributed by atoms with Crippen molar-refractivity contribution < 1.29 is 36.6 Å². The monoisotopic (exact) mass is 506 g/mol. The lowest BCUT2D eigenvalue weighted by Gasteiger charge is -2.29. The first-order valence-corrected chi connectivity index (χ1v) is 11.1. The quantitative estimate of drug-likeness (QED) is 0.306. The van der Waals surface area contributed by atoms with Crippen molar-refractivity contribution in [3.05, 3.63) is 83.7 Å². The van der Waals surface area contributed by atoms with Gasteiger partial charge in [-0.1, -0.05) is 30.7 Å². The third-order valence-corrected chi connectivity index (χ3v) is 6.02. The van der Waals surface area contributed by atoms with Gasteiger partial charge in [0.1, 0.15) is 11.6 Å². The summed E-state index contributed by atoms with van der Waals surface area (Å²) in [5.74, 6) is -2.19. The maximum atomic E-state index is 14.1. The van der Waals surface area contributed by atoms with Gasteiger partial charge in [-0.05, 0) is 60.6 Å². The van der Waals surface area contributed by atoms with Crippen LogP contribution < -0.4 is 5.32 Å². The second-order valence-corrected chi connectivity index (χ2v) is 8.36. The number of carbonyl (C=O) groups excluding carboxylic acids is 1. The summed E-state index contributed by atoms with van der Waals surface area (Å²) in [5.41, 5.74) is 1.17. The van der Waals surface area contributed by atoms with Crippen molar-refractivity contribution in [1.82, 2.24) is 4.98 Å². The van der Waals surface area contributed by atoms with E-state index in [1.807, 2.05) is 24.3 Å². The molecule has 36 heavy (non-hydrogen) atoms. The van der Waals surface area contributed by atoms with Crippen LogP contribution in [0.25, 0.3) is 11.1 Å². The number of hydrogen-bond acceptors (Lipinski definition) is 3. The topological polar surface area (TPSA) is 79.3 Å². The third kappa shape index (κ3) is 6.87. The molecule has 10 heteroatoms. The van der Waals surface area contributed by atoms with Gasteiger partial charge < -0.3 is 10.4 Å². The highest BCUT2D eigenvalue weighted by Gasteiger charge is 2.32. The van der Waals surface area contributed by atoms with Crippen molar-refractivity contribution in [3.63, 3.8) is 0 Å². The molecule has 2 unspecified atom stereocenters. The van der Waals surface area contributed by atoms with Crippen molar-refractivity contribution in [3.8, 4) is 11.1 Å². The van der Waals surface area contributed by atoms with Gasteiger partial charge in [0, 0.05) is 17.7 Å². The molecule has 4 rings (SSSR count). The second-order valence-electron chi connectivity index (χ2n) is 8.36. The van der Waals surface area contributed by atoms with Crippen LogP contribution >= 0.6 is 0 Å². The van der Waals surface area contributed by atoms with Gasteiger partial charge in [0.05, 0.1) is 17.4 Å². The van der Waals surface area contributed by atoms with E-state index in [9.17, 15) is 26.7 Å². The van der Waals surface area contributed by atoms with E-state index < -0.39 is 29.3 Å². The molecule has 0 spiro atoms. The summed E-state index contributed by atoms with van der Waals surface area (Å²) in [6, 6.07) is 11.1. The zero-order valence-corrected chi connectivity index (χ0v) is 18.9. The van der Waals surface area contributed by atoms with E-state index in [-0.39, 0.29) is 24.0 Å². The summed E-state index contributed by atoms with van der Waals surface area (Å²) in [4.78, 5) is 24.9. The molecule has 5 nitrogen and oxygen atoms in total. The summed E-state index contributed by atoms with van der Waals surface area (Å²) in [7, 11) is 0. The molecule has 0 saturated heterocycles. The Bertz CT molecular complexity index is 1200. The van der Waals surface area contributed by atoms with E-state index in [0.29, 0.717) is 24.5 Å². The highest BCUT2D eigenvalue weighted by Crippen LogP contribution is 2.38. The minimum absolute atomic E-state index is 0.117. The molecule has 2 aromatic carbocycles. The number of aromatic nitrogens is 1. The Morgan fingerprint density at radius 1 is 1.00 bits per heavy atom. The summed E-state index contributed by atoms with van der Waals surface area (Å²) in [6.07, 6.45) is 0.932. The van der Waals surface area contributed by atoms with Gasteiger partial charge in [0.25, 0.3) is 6.47 Å². The Morgan fingerprint density at radius 3 is 2.31 bits per heavy atom. The number of nitrogens with one attached hydrogen (secondary N) is 1. The van der Waals surface area contributed by atoms with Gasteiger partial charge in [0.2, 0.25) is 5.91 Å². The number of alkyl halides is 3. The maximum absolute atomic E-state index is 14.1. The molecule has 1 amide bonds. The largest absolute Gasteiger partial charge is 0.483 e. The molecule has 190 valence electrons. The average molecular weight is 506 g/mol. The molecular formula is C26H23F5N2O3. The summed E-state index contributed by atoms with van der Waals surface area (Å²) in [6.45, 7) is -0.250. The van der Waals surface area contributed by atoms with Crippen LogP contribution in [-0.2, 0) is 15.8 Å². The lowest BCUT2D eigenvalue weighted by Crippen LogP contribution is -2.28. The lowest BCUT2D eigenvalue weighted by atomic mass is 9.77. The van der Waals surface area contributed by atoms with Crippen LogP contribution in [0, 0.1) is 17.6 Å². The number of hydrogen-bond donors (Lipinski definition) is 2. The Balaban J connectivity index is 0.00000115. The standard InChI is InChI=1S/C25H21F5N2O.CH2O2/c26-21-11-19(13-31-14-21)16-6-4-15(5-7-16)17-2-1-3-18(10-17)24(33)32-23-9-8-20(12-22(23)27)25(28,29)30;2-1-3/h4-9,11-14,17-18H,1-3,10H2,(H,32,33);1H,(H,2,3). The van der Waals surface area contributed by atoms with Crippen molar-refractivity contribution in [2.75, 3.05) is 5.32 Å². The Morgan fingerprint density at radius 2 is 1.69 bits per heavy atom. The van der Waals surface area contributed by atoms with E-state index in [1.165, 1.54) is 6.07 Å².